The molecular weight excluding hydrogens is 276 g/mol. The van der Waals surface area contributed by atoms with E-state index in [1.54, 1.807) is 10.9 Å². The third kappa shape index (κ3) is 3.72. The highest BCUT2D eigenvalue weighted by Gasteiger charge is 2.16. The summed E-state index contributed by atoms with van der Waals surface area (Å²) in [5.74, 6) is 0.0615. The first kappa shape index (κ1) is 14.8. The molecule has 22 heavy (non-hydrogen) atoms. The van der Waals surface area contributed by atoms with E-state index in [1.165, 1.54) is 25.7 Å². The molecule has 1 N–H and O–H groups in total. The average Bonchev–Trinajstić information content (AvgIpc) is 2.83. The van der Waals surface area contributed by atoms with Crippen LogP contribution in [0.25, 0.3) is 5.69 Å². The van der Waals surface area contributed by atoms with E-state index in [-0.39, 0.29) is 5.91 Å². The maximum atomic E-state index is 12.3. The van der Waals surface area contributed by atoms with Gasteiger partial charge in [-0.05, 0) is 25.0 Å². The van der Waals surface area contributed by atoms with E-state index in [0.717, 1.165) is 24.2 Å². The molecule has 1 aliphatic carbocycles. The largest absolute Gasteiger partial charge is 0.353 e. The van der Waals surface area contributed by atoms with Gasteiger partial charge < -0.3 is 5.32 Å². The number of nitrogens with one attached hydrogen (secondary N) is 1. The number of hydrogen-bond donors (Lipinski definition) is 1. The van der Waals surface area contributed by atoms with Crippen LogP contribution in [0.15, 0.2) is 36.5 Å². The standard InChI is InChI=1S/C17H22N4O/c22-17(19-14-8-4-1-2-5-9-14)12-16-13-18-20-21(16)15-10-6-3-7-11-15/h3,6-7,10-11,13-14H,1-2,4-5,8-9,12H2,(H,19,22). The quantitative estimate of drug-likeness (QED) is 0.883. The molecule has 116 valence electrons. The lowest BCUT2D eigenvalue weighted by molar-refractivity contribution is -0.121. The predicted octanol–water partition coefficient (Wildman–Crippen LogP) is 2.65. The fraction of sp³-hybridized carbons (Fsp3) is 0.471. The zero-order valence-electron chi connectivity index (χ0n) is 12.7. The smallest absolute Gasteiger partial charge is 0.226 e. The molecule has 1 amide bonds. The van der Waals surface area contributed by atoms with Crippen LogP contribution in [0.4, 0.5) is 0 Å². The monoisotopic (exact) mass is 298 g/mol. The number of benzene rings is 1. The first-order chi connectivity index (χ1) is 10.8. The summed E-state index contributed by atoms with van der Waals surface area (Å²) in [4.78, 5) is 12.3. The number of nitrogens with zero attached hydrogens (tertiary/aromatic N) is 3. The fourth-order valence-corrected chi connectivity index (χ4v) is 3.03. The third-order valence-electron chi connectivity index (χ3n) is 4.18. The summed E-state index contributed by atoms with van der Waals surface area (Å²) >= 11 is 0. The number of aromatic nitrogens is 3. The van der Waals surface area contributed by atoms with Gasteiger partial charge >= 0.3 is 0 Å². The Bertz CT molecular complexity index is 600. The molecule has 0 radical (unpaired) electrons. The zero-order chi connectivity index (χ0) is 15.2. The van der Waals surface area contributed by atoms with Gasteiger partial charge in [-0.3, -0.25) is 4.79 Å². The van der Waals surface area contributed by atoms with Gasteiger partial charge in [0.25, 0.3) is 0 Å². The van der Waals surface area contributed by atoms with E-state index in [0.29, 0.717) is 12.5 Å². The molecule has 0 aliphatic heterocycles. The topological polar surface area (TPSA) is 59.8 Å². The SMILES string of the molecule is O=C(Cc1cnnn1-c1ccccc1)NC1CCCCCC1. The van der Waals surface area contributed by atoms with Crippen LogP contribution < -0.4 is 5.32 Å². The van der Waals surface area contributed by atoms with Crippen molar-refractivity contribution in [2.45, 2.75) is 51.0 Å². The molecule has 0 unspecified atom stereocenters. The number of carbonyl (C=O) groups is 1. The van der Waals surface area contributed by atoms with E-state index >= 15 is 0 Å². The summed E-state index contributed by atoms with van der Waals surface area (Å²) in [5, 5.41) is 11.2. The van der Waals surface area contributed by atoms with Crippen LogP contribution in [-0.4, -0.2) is 26.9 Å². The van der Waals surface area contributed by atoms with Gasteiger partial charge in [0.2, 0.25) is 5.91 Å². The highest BCUT2D eigenvalue weighted by atomic mass is 16.1. The average molecular weight is 298 g/mol. The Labute approximate surface area is 130 Å². The molecule has 3 rings (SSSR count). The van der Waals surface area contributed by atoms with Crippen LogP contribution in [0.5, 0.6) is 0 Å². The van der Waals surface area contributed by atoms with E-state index in [4.69, 9.17) is 0 Å². The number of amides is 1. The van der Waals surface area contributed by atoms with E-state index in [9.17, 15) is 4.79 Å². The Kier molecular flexibility index (Phi) is 4.83. The van der Waals surface area contributed by atoms with E-state index in [2.05, 4.69) is 15.6 Å². The minimum atomic E-state index is 0.0615. The molecule has 0 spiro atoms. The Morgan fingerprint density at radius 1 is 1.14 bits per heavy atom. The summed E-state index contributed by atoms with van der Waals surface area (Å²) in [6, 6.07) is 10.1. The molecule has 0 atom stereocenters. The van der Waals surface area contributed by atoms with Crippen LogP contribution in [0.2, 0.25) is 0 Å². The Balaban J connectivity index is 1.63. The highest BCUT2D eigenvalue weighted by molar-refractivity contribution is 5.78. The fourth-order valence-electron chi connectivity index (χ4n) is 3.03. The van der Waals surface area contributed by atoms with Crippen molar-refractivity contribution in [3.05, 3.63) is 42.2 Å². The van der Waals surface area contributed by atoms with E-state index < -0.39 is 0 Å². The minimum Gasteiger partial charge on any atom is -0.353 e. The Hall–Kier alpha value is -2.17. The summed E-state index contributed by atoms with van der Waals surface area (Å²) in [6.07, 6.45) is 9.19. The molecule has 1 saturated carbocycles. The van der Waals surface area contributed by atoms with Crippen LogP contribution in [0.3, 0.4) is 0 Å². The third-order valence-corrected chi connectivity index (χ3v) is 4.18. The maximum absolute atomic E-state index is 12.3. The Morgan fingerprint density at radius 3 is 2.59 bits per heavy atom. The lowest BCUT2D eigenvalue weighted by Crippen LogP contribution is -2.35. The summed E-state index contributed by atoms with van der Waals surface area (Å²) < 4.78 is 1.73. The number of hydrogen-bond acceptors (Lipinski definition) is 3. The summed E-state index contributed by atoms with van der Waals surface area (Å²) in [5.41, 5.74) is 1.74. The predicted molar refractivity (Wildman–Crippen MR) is 84.7 cm³/mol. The van der Waals surface area contributed by atoms with Gasteiger partial charge in [0.05, 0.1) is 24.0 Å². The molecule has 1 fully saturated rings. The second kappa shape index (κ2) is 7.20. The van der Waals surface area contributed by atoms with Crippen molar-refractivity contribution in [2.24, 2.45) is 0 Å². The minimum absolute atomic E-state index is 0.0615. The van der Waals surface area contributed by atoms with Crippen LogP contribution in [0.1, 0.15) is 44.2 Å². The lowest BCUT2D eigenvalue weighted by atomic mass is 10.1. The van der Waals surface area contributed by atoms with Crippen LogP contribution >= 0.6 is 0 Å². The van der Waals surface area contributed by atoms with Gasteiger partial charge in [-0.2, -0.15) is 0 Å². The van der Waals surface area contributed by atoms with Gasteiger partial charge in [0.15, 0.2) is 0 Å². The van der Waals surface area contributed by atoms with Gasteiger partial charge in [-0.15, -0.1) is 5.10 Å². The second-order valence-corrected chi connectivity index (χ2v) is 5.91. The van der Waals surface area contributed by atoms with Crippen LogP contribution in [-0.2, 0) is 11.2 Å². The van der Waals surface area contributed by atoms with Crippen molar-refractivity contribution in [1.29, 1.82) is 0 Å². The second-order valence-electron chi connectivity index (χ2n) is 5.91. The van der Waals surface area contributed by atoms with Crippen molar-refractivity contribution in [3.63, 3.8) is 0 Å². The molecular formula is C17H22N4O. The van der Waals surface area contributed by atoms with Crippen molar-refractivity contribution in [1.82, 2.24) is 20.3 Å². The molecule has 0 saturated heterocycles. The zero-order valence-corrected chi connectivity index (χ0v) is 12.7. The van der Waals surface area contributed by atoms with Gasteiger partial charge in [-0.1, -0.05) is 49.1 Å². The lowest BCUT2D eigenvalue weighted by Gasteiger charge is -2.16. The normalized spacial score (nSPS) is 16.2. The molecule has 1 aromatic carbocycles. The molecule has 5 nitrogen and oxygen atoms in total. The molecule has 5 heteroatoms. The Morgan fingerprint density at radius 2 is 1.86 bits per heavy atom. The van der Waals surface area contributed by atoms with Gasteiger partial charge in [0.1, 0.15) is 0 Å². The molecule has 2 aromatic rings. The maximum Gasteiger partial charge on any atom is 0.226 e. The van der Waals surface area contributed by atoms with Crippen molar-refractivity contribution < 1.29 is 4.79 Å². The van der Waals surface area contributed by atoms with Crippen molar-refractivity contribution in [2.75, 3.05) is 0 Å². The number of rotatable bonds is 4. The van der Waals surface area contributed by atoms with Crippen molar-refractivity contribution in [3.8, 4) is 5.69 Å². The van der Waals surface area contributed by atoms with Crippen LogP contribution in [0, 0.1) is 0 Å². The van der Waals surface area contributed by atoms with Gasteiger partial charge in [-0.25, -0.2) is 4.68 Å². The molecule has 0 bridgehead atoms. The first-order valence-electron chi connectivity index (χ1n) is 8.07. The number of carbonyl (C=O) groups excluding carboxylic acids is 1. The van der Waals surface area contributed by atoms with Crippen molar-refractivity contribution >= 4 is 5.91 Å². The molecule has 1 aliphatic rings. The van der Waals surface area contributed by atoms with E-state index in [1.807, 2.05) is 30.3 Å². The summed E-state index contributed by atoms with van der Waals surface area (Å²) in [6.45, 7) is 0. The molecule has 1 heterocycles. The first-order valence-corrected chi connectivity index (χ1v) is 8.07. The summed E-state index contributed by atoms with van der Waals surface area (Å²) in [7, 11) is 0. The highest BCUT2D eigenvalue weighted by Crippen LogP contribution is 2.17. The number of para-hydroxylation sites is 1. The molecule has 1 aromatic heterocycles. The van der Waals surface area contributed by atoms with Gasteiger partial charge in [0, 0.05) is 6.04 Å².